The first-order valence-corrected chi connectivity index (χ1v) is 6.84. The van der Waals surface area contributed by atoms with Crippen molar-refractivity contribution in [3.8, 4) is 11.8 Å². The van der Waals surface area contributed by atoms with Crippen LogP contribution in [0.5, 0.6) is 0 Å². The van der Waals surface area contributed by atoms with Crippen molar-refractivity contribution in [3.63, 3.8) is 0 Å². The minimum atomic E-state index is -2.33. The van der Waals surface area contributed by atoms with E-state index in [2.05, 4.69) is 5.92 Å². The van der Waals surface area contributed by atoms with E-state index in [0.29, 0.717) is 0 Å². The average molecular weight is 328 g/mol. The minimum Gasteiger partial charge on any atom is -0.391 e. The van der Waals surface area contributed by atoms with Crippen LogP contribution in [0.4, 0.5) is 4.39 Å². The molecule has 1 unspecified atom stereocenters. The van der Waals surface area contributed by atoms with Gasteiger partial charge < -0.3 is 20.1 Å². The predicted octanol–water partition coefficient (Wildman–Crippen LogP) is -1.81. The number of alkyl halides is 1. The van der Waals surface area contributed by atoms with Gasteiger partial charge >= 0.3 is 5.69 Å². The lowest BCUT2D eigenvalue weighted by Gasteiger charge is -2.27. The molecular formula is C14H17FN2O6. The van der Waals surface area contributed by atoms with Gasteiger partial charge in [-0.05, 0) is 13.8 Å². The standard InChI is InChI=1S/C14H17FN2O6/c1-7-6-9(19)16-13(21)17(7)12-14(22,4-3-5-15)11(20)10(23-12)8(2)18/h6,8,10-12,18,20,22H,5H2,1-2H3,(H,16,19,21)/t8-,10+,11-,12+,14?/m0/s1. The van der Waals surface area contributed by atoms with Gasteiger partial charge in [-0.2, -0.15) is 0 Å². The van der Waals surface area contributed by atoms with Gasteiger partial charge in [0.25, 0.3) is 5.56 Å². The molecule has 0 aromatic carbocycles. The number of aromatic amines is 1. The van der Waals surface area contributed by atoms with Crippen LogP contribution in [0.3, 0.4) is 0 Å². The number of aryl methyl sites for hydroxylation is 1. The lowest BCUT2D eigenvalue weighted by Crippen LogP contribution is -2.49. The molecule has 1 aromatic heterocycles. The summed E-state index contributed by atoms with van der Waals surface area (Å²) in [6, 6.07) is 1.09. The fraction of sp³-hybridized carbons (Fsp3) is 0.571. The second kappa shape index (κ2) is 6.25. The van der Waals surface area contributed by atoms with Gasteiger partial charge in [0.2, 0.25) is 0 Å². The van der Waals surface area contributed by atoms with Gasteiger partial charge in [0, 0.05) is 11.8 Å². The van der Waals surface area contributed by atoms with Crippen molar-refractivity contribution in [3.05, 3.63) is 32.6 Å². The molecule has 126 valence electrons. The molecule has 23 heavy (non-hydrogen) atoms. The lowest BCUT2D eigenvalue weighted by atomic mass is 9.92. The molecule has 0 aliphatic carbocycles. The van der Waals surface area contributed by atoms with Crippen LogP contribution >= 0.6 is 0 Å². The second-order valence-corrected chi connectivity index (χ2v) is 5.35. The Labute approximate surface area is 130 Å². The van der Waals surface area contributed by atoms with Crippen LogP contribution in [0, 0.1) is 18.8 Å². The summed E-state index contributed by atoms with van der Waals surface area (Å²) in [5, 5.41) is 30.6. The minimum absolute atomic E-state index is 0.141. The number of hydrogen-bond acceptors (Lipinski definition) is 6. The number of rotatable bonds is 2. The van der Waals surface area contributed by atoms with E-state index < -0.39 is 48.1 Å². The van der Waals surface area contributed by atoms with Gasteiger partial charge in [0.05, 0.1) is 6.10 Å². The Kier molecular flexibility index (Phi) is 4.72. The molecule has 0 spiro atoms. The number of nitrogens with one attached hydrogen (secondary N) is 1. The predicted molar refractivity (Wildman–Crippen MR) is 76.4 cm³/mol. The molecule has 9 heteroatoms. The first-order valence-electron chi connectivity index (χ1n) is 6.84. The third-order valence-electron chi connectivity index (χ3n) is 3.66. The van der Waals surface area contributed by atoms with E-state index in [1.54, 1.807) is 0 Å². The normalized spacial score (nSPS) is 31.5. The molecule has 2 rings (SSSR count). The summed E-state index contributed by atoms with van der Waals surface area (Å²) in [4.78, 5) is 25.4. The molecule has 2 heterocycles. The Hall–Kier alpha value is -1.99. The van der Waals surface area contributed by atoms with Gasteiger partial charge in [-0.3, -0.25) is 14.3 Å². The van der Waals surface area contributed by atoms with Crippen molar-refractivity contribution >= 4 is 0 Å². The SMILES string of the molecule is Cc1cc(=O)[nH]c(=O)n1[C@@H]1O[C@H]([C@H](C)O)[C@H](O)C1(O)C#CCF. The number of hydrogen-bond donors (Lipinski definition) is 4. The Morgan fingerprint density at radius 3 is 2.74 bits per heavy atom. The molecule has 0 amide bonds. The molecule has 4 N–H and O–H groups in total. The van der Waals surface area contributed by atoms with Crippen LogP contribution in [0.15, 0.2) is 15.7 Å². The maximum atomic E-state index is 12.4. The van der Waals surface area contributed by atoms with E-state index in [0.717, 1.165) is 10.6 Å². The number of nitrogens with zero attached hydrogens (tertiary/aromatic N) is 1. The van der Waals surface area contributed by atoms with E-state index >= 15 is 0 Å². The van der Waals surface area contributed by atoms with Gasteiger partial charge in [-0.15, -0.1) is 0 Å². The molecule has 1 aliphatic heterocycles. The average Bonchev–Trinajstić information content (AvgIpc) is 2.70. The number of halogens is 1. The van der Waals surface area contributed by atoms with Gasteiger partial charge in [-0.25, -0.2) is 9.18 Å². The Morgan fingerprint density at radius 2 is 2.22 bits per heavy atom. The van der Waals surface area contributed by atoms with Crippen LogP contribution < -0.4 is 11.2 Å². The molecule has 1 aliphatic rings. The van der Waals surface area contributed by atoms with Crippen LogP contribution in [0.2, 0.25) is 0 Å². The second-order valence-electron chi connectivity index (χ2n) is 5.35. The van der Waals surface area contributed by atoms with E-state index in [1.165, 1.54) is 13.8 Å². The smallest absolute Gasteiger partial charge is 0.330 e. The summed E-state index contributed by atoms with van der Waals surface area (Å²) in [5.41, 5.74) is -3.73. The molecule has 0 bridgehead atoms. The Balaban J connectivity index is 2.63. The molecule has 0 saturated carbocycles. The summed E-state index contributed by atoms with van der Waals surface area (Å²) < 4.78 is 18.7. The number of aliphatic hydroxyl groups excluding tert-OH is 2. The van der Waals surface area contributed by atoms with Crippen LogP contribution in [0.25, 0.3) is 0 Å². The Morgan fingerprint density at radius 1 is 1.57 bits per heavy atom. The highest BCUT2D eigenvalue weighted by atomic mass is 19.1. The third-order valence-corrected chi connectivity index (χ3v) is 3.66. The third kappa shape index (κ3) is 2.94. The zero-order valence-electron chi connectivity index (χ0n) is 12.5. The highest BCUT2D eigenvalue weighted by Crippen LogP contribution is 2.39. The van der Waals surface area contributed by atoms with Crippen molar-refractivity contribution < 1.29 is 24.4 Å². The number of aliphatic hydroxyl groups is 3. The zero-order valence-corrected chi connectivity index (χ0v) is 12.5. The molecule has 1 saturated heterocycles. The van der Waals surface area contributed by atoms with Gasteiger partial charge in [-0.1, -0.05) is 11.8 Å². The van der Waals surface area contributed by atoms with E-state index in [1.807, 2.05) is 10.9 Å². The zero-order chi connectivity index (χ0) is 17.4. The van der Waals surface area contributed by atoms with Crippen LogP contribution in [-0.2, 0) is 4.74 Å². The van der Waals surface area contributed by atoms with Crippen LogP contribution in [0.1, 0.15) is 18.8 Å². The lowest BCUT2D eigenvalue weighted by molar-refractivity contribution is -0.0892. The summed E-state index contributed by atoms with van der Waals surface area (Å²) in [6.45, 7) is 1.66. The van der Waals surface area contributed by atoms with Crippen molar-refractivity contribution in [2.75, 3.05) is 6.67 Å². The van der Waals surface area contributed by atoms with E-state index in [-0.39, 0.29) is 5.69 Å². The molecule has 5 atom stereocenters. The number of ether oxygens (including phenoxy) is 1. The fourth-order valence-corrected chi connectivity index (χ4v) is 2.58. The van der Waals surface area contributed by atoms with Crippen LogP contribution in [-0.4, -0.2) is 55.5 Å². The van der Waals surface area contributed by atoms with E-state index in [4.69, 9.17) is 4.74 Å². The topological polar surface area (TPSA) is 125 Å². The highest BCUT2D eigenvalue weighted by Gasteiger charge is 2.57. The van der Waals surface area contributed by atoms with Gasteiger partial charge in [0.1, 0.15) is 18.9 Å². The van der Waals surface area contributed by atoms with Crippen molar-refractivity contribution in [1.82, 2.24) is 9.55 Å². The number of aromatic nitrogens is 2. The molecule has 1 aromatic rings. The molecule has 0 radical (unpaired) electrons. The summed E-state index contributed by atoms with van der Waals surface area (Å²) >= 11 is 0. The summed E-state index contributed by atoms with van der Waals surface area (Å²) in [6.07, 6.45) is -5.66. The quantitative estimate of drug-likeness (QED) is 0.474. The largest absolute Gasteiger partial charge is 0.391 e. The first-order chi connectivity index (χ1) is 10.7. The monoisotopic (exact) mass is 328 g/mol. The first kappa shape index (κ1) is 17.4. The van der Waals surface area contributed by atoms with Crippen molar-refractivity contribution in [2.24, 2.45) is 0 Å². The van der Waals surface area contributed by atoms with Crippen molar-refractivity contribution in [1.29, 1.82) is 0 Å². The fourth-order valence-electron chi connectivity index (χ4n) is 2.58. The van der Waals surface area contributed by atoms with Crippen molar-refractivity contribution in [2.45, 2.75) is 44.0 Å². The maximum Gasteiger partial charge on any atom is 0.330 e. The van der Waals surface area contributed by atoms with Gasteiger partial charge in [0.15, 0.2) is 11.8 Å². The summed E-state index contributed by atoms with van der Waals surface area (Å²) in [5.74, 6) is 4.15. The number of H-pyrrole nitrogens is 1. The molecular weight excluding hydrogens is 311 g/mol. The summed E-state index contributed by atoms with van der Waals surface area (Å²) in [7, 11) is 0. The Bertz CT molecular complexity index is 761. The highest BCUT2D eigenvalue weighted by molar-refractivity contribution is 5.24. The van der Waals surface area contributed by atoms with E-state index in [9.17, 15) is 29.3 Å². The molecule has 8 nitrogen and oxygen atoms in total. The maximum absolute atomic E-state index is 12.4. The molecule has 1 fully saturated rings.